The van der Waals surface area contributed by atoms with Crippen molar-refractivity contribution in [2.24, 2.45) is 11.5 Å². The van der Waals surface area contributed by atoms with Crippen molar-refractivity contribution in [1.29, 1.82) is 5.41 Å². The summed E-state index contributed by atoms with van der Waals surface area (Å²) in [5.41, 5.74) is 13.4. The van der Waals surface area contributed by atoms with Crippen LogP contribution in [0.15, 0.2) is 35.5 Å². The van der Waals surface area contributed by atoms with E-state index < -0.39 is 49.2 Å². The summed E-state index contributed by atoms with van der Waals surface area (Å²) < 4.78 is 24.5. The highest BCUT2D eigenvalue weighted by Gasteiger charge is 2.46. The number of allylic oxidation sites excluding steroid dienone is 1. The van der Waals surface area contributed by atoms with Gasteiger partial charge < -0.3 is 41.6 Å². The Kier molecular flexibility index (Phi) is 11.2. The Morgan fingerprint density at radius 3 is 2.36 bits per heavy atom. The van der Waals surface area contributed by atoms with E-state index in [1.165, 1.54) is 0 Å². The molecule has 1 fully saturated rings. The van der Waals surface area contributed by atoms with E-state index in [0.717, 1.165) is 11.1 Å². The van der Waals surface area contributed by atoms with E-state index in [0.29, 0.717) is 30.5 Å². The van der Waals surface area contributed by atoms with Gasteiger partial charge in [0.05, 0.1) is 6.61 Å². The van der Waals surface area contributed by atoms with Gasteiger partial charge in [-0.2, -0.15) is 0 Å². The molecule has 12 heteroatoms. The summed E-state index contributed by atoms with van der Waals surface area (Å²) >= 11 is 0. The molecule has 0 aliphatic carbocycles. The van der Waals surface area contributed by atoms with Crippen molar-refractivity contribution in [2.45, 2.75) is 69.8 Å². The van der Waals surface area contributed by atoms with Crippen molar-refractivity contribution >= 4 is 17.7 Å². The topological polar surface area (TPSA) is 201 Å². The normalized spacial score (nSPS) is 24.5. The van der Waals surface area contributed by atoms with Crippen molar-refractivity contribution in [3.8, 4) is 0 Å². The molecule has 0 aromatic heterocycles. The van der Waals surface area contributed by atoms with Crippen LogP contribution in [0.1, 0.15) is 37.3 Å². The molecule has 2 rings (SSSR count). The zero-order valence-electron chi connectivity index (χ0n) is 20.2. The van der Waals surface area contributed by atoms with Crippen LogP contribution in [-0.2, 0) is 31.9 Å². The molecule has 1 heterocycles. The van der Waals surface area contributed by atoms with Crippen LogP contribution in [0.5, 0.6) is 0 Å². The molecule has 1 saturated heterocycles. The molecule has 2 amide bonds. The minimum absolute atomic E-state index is 0.103. The Hall–Kier alpha value is -3.06. The van der Waals surface area contributed by atoms with Gasteiger partial charge in [-0.05, 0) is 30.9 Å². The summed E-state index contributed by atoms with van der Waals surface area (Å²) in [6.07, 6.45) is -6.61. The average molecular weight is 511 g/mol. The summed E-state index contributed by atoms with van der Waals surface area (Å²) in [4.78, 5) is 22.5. The van der Waals surface area contributed by atoms with Crippen molar-refractivity contribution in [2.75, 3.05) is 13.2 Å². The first-order chi connectivity index (χ1) is 17.0. The molecule has 1 aromatic carbocycles. The van der Waals surface area contributed by atoms with E-state index in [2.05, 4.69) is 5.32 Å². The number of alkyl halides is 1. The van der Waals surface area contributed by atoms with Crippen LogP contribution in [0.25, 0.3) is 0 Å². The Balaban J connectivity index is 1.90. The van der Waals surface area contributed by atoms with Gasteiger partial charge in [0.15, 0.2) is 6.17 Å². The maximum atomic E-state index is 13.9. The lowest BCUT2D eigenvalue weighted by Gasteiger charge is -2.38. The largest absolute Gasteiger partial charge is 0.445 e. The fourth-order valence-electron chi connectivity index (χ4n) is 3.62. The fraction of sp³-hybridized carbons (Fsp3) is 0.542. The number of carbonyl (C=O) groups is 2. The quantitative estimate of drug-likeness (QED) is 0.145. The molecule has 5 atom stereocenters. The number of aliphatic hydroxyl groups is 3. The third-order valence-electron chi connectivity index (χ3n) is 5.75. The number of benzene rings is 1. The highest BCUT2D eigenvalue weighted by atomic mass is 19.1. The number of hydrogen-bond donors (Lipinski definition) is 7. The van der Waals surface area contributed by atoms with Crippen LogP contribution in [0.4, 0.5) is 4.39 Å². The molecule has 0 radical (unpaired) electrons. The number of carbonyl (C=O) groups excluding carboxylic acids is 2. The first-order valence-electron chi connectivity index (χ1n) is 11.6. The van der Waals surface area contributed by atoms with Gasteiger partial charge in [-0.15, -0.1) is 0 Å². The van der Waals surface area contributed by atoms with Crippen LogP contribution >= 0.6 is 0 Å². The van der Waals surface area contributed by atoms with Gasteiger partial charge in [0.2, 0.25) is 24.0 Å². The van der Waals surface area contributed by atoms with Crippen LogP contribution in [0.2, 0.25) is 0 Å². The summed E-state index contributed by atoms with van der Waals surface area (Å²) in [5.74, 6) is -1.03. The van der Waals surface area contributed by atoms with Crippen LogP contribution < -0.4 is 16.8 Å². The first kappa shape index (κ1) is 29.2. The zero-order valence-corrected chi connectivity index (χ0v) is 20.2. The number of ether oxygens (including phenoxy) is 2. The van der Waals surface area contributed by atoms with Crippen LogP contribution in [0.3, 0.4) is 0 Å². The molecule has 1 aromatic rings. The van der Waals surface area contributed by atoms with Gasteiger partial charge in [0, 0.05) is 37.1 Å². The number of aryl methyl sites for hydroxylation is 1. The third-order valence-corrected chi connectivity index (χ3v) is 5.75. The number of rotatable bonds is 12. The number of nitrogens with two attached hydrogens (primary N) is 2. The molecule has 0 bridgehead atoms. The summed E-state index contributed by atoms with van der Waals surface area (Å²) in [5, 5.41) is 40.1. The van der Waals surface area contributed by atoms with Crippen molar-refractivity contribution < 1.29 is 38.8 Å². The van der Waals surface area contributed by atoms with Crippen molar-refractivity contribution in [3.05, 3.63) is 46.7 Å². The summed E-state index contributed by atoms with van der Waals surface area (Å²) in [6.45, 7) is 1.07. The number of amides is 2. The van der Waals surface area contributed by atoms with E-state index in [4.69, 9.17) is 26.4 Å². The summed E-state index contributed by atoms with van der Waals surface area (Å²) in [6, 6.07) is 7.49. The Bertz CT molecular complexity index is 935. The predicted octanol–water partition coefficient (Wildman–Crippen LogP) is -0.453. The average Bonchev–Trinajstić information content (AvgIpc) is 2.83. The zero-order chi connectivity index (χ0) is 26.8. The van der Waals surface area contributed by atoms with Crippen LogP contribution in [-0.4, -0.2) is 77.0 Å². The smallest absolute Gasteiger partial charge is 0.231 e. The lowest BCUT2D eigenvalue weighted by molar-refractivity contribution is -0.269. The number of nitrogens with one attached hydrogen (secondary N) is 2. The monoisotopic (exact) mass is 510 g/mol. The molecule has 200 valence electrons. The minimum Gasteiger partial charge on any atom is -0.445 e. The third kappa shape index (κ3) is 8.55. The van der Waals surface area contributed by atoms with E-state index in [-0.39, 0.29) is 25.3 Å². The van der Waals surface area contributed by atoms with Crippen molar-refractivity contribution in [1.82, 2.24) is 5.32 Å². The van der Waals surface area contributed by atoms with Gasteiger partial charge >= 0.3 is 0 Å². The lowest BCUT2D eigenvalue weighted by atomic mass is 9.99. The van der Waals surface area contributed by atoms with Gasteiger partial charge in [0.1, 0.15) is 18.3 Å². The number of hydrogen-bond acceptors (Lipinski definition) is 9. The van der Waals surface area contributed by atoms with Gasteiger partial charge in [-0.3, -0.25) is 15.0 Å². The molecule has 11 nitrogen and oxygen atoms in total. The van der Waals surface area contributed by atoms with Gasteiger partial charge in [-0.25, -0.2) is 4.39 Å². The second kappa shape index (κ2) is 13.9. The number of primary amides is 1. The van der Waals surface area contributed by atoms with Crippen molar-refractivity contribution in [3.63, 3.8) is 0 Å². The fourth-order valence-corrected chi connectivity index (χ4v) is 3.62. The van der Waals surface area contributed by atoms with E-state index in [1.54, 1.807) is 6.92 Å². The maximum absolute atomic E-state index is 13.9. The second-order valence-electron chi connectivity index (χ2n) is 8.67. The van der Waals surface area contributed by atoms with E-state index in [1.807, 2.05) is 24.3 Å². The Morgan fingerprint density at radius 1 is 1.14 bits per heavy atom. The maximum Gasteiger partial charge on any atom is 0.231 e. The van der Waals surface area contributed by atoms with E-state index in [9.17, 15) is 29.3 Å². The number of aliphatic hydroxyl groups excluding tert-OH is 3. The lowest BCUT2D eigenvalue weighted by Crippen LogP contribution is -2.58. The SMILES string of the molecule is C/C(N)=C(\Cc1ccc(CCCC(=O)NCCC(N)=O)cc1)C(=N)OC1OC(CO)C(F)C(O)C1O. The molecular formula is C24H35FN4O7. The molecule has 1 aliphatic heterocycles. The van der Waals surface area contributed by atoms with Gasteiger partial charge in [0.25, 0.3) is 0 Å². The van der Waals surface area contributed by atoms with E-state index >= 15 is 0 Å². The highest BCUT2D eigenvalue weighted by molar-refractivity contribution is 5.92. The molecular weight excluding hydrogens is 475 g/mol. The highest BCUT2D eigenvalue weighted by Crippen LogP contribution is 2.25. The second-order valence-corrected chi connectivity index (χ2v) is 8.67. The molecule has 0 spiro atoms. The standard InChI is InChI=1S/C24H35FN4O7/c1-13(26)16(23(28)36-24-22(34)21(33)20(25)17(12-30)35-24)11-15-7-5-14(6-8-15)3-2-4-19(32)29-10-9-18(27)31/h5-8,17,20-22,24,28,30,33-34H,2-4,9-12,26H2,1H3,(H2,27,31)(H,29,32)/b16-13-,28-23?. The first-order valence-corrected chi connectivity index (χ1v) is 11.6. The molecule has 0 saturated carbocycles. The molecule has 5 unspecified atom stereocenters. The van der Waals surface area contributed by atoms with Gasteiger partial charge in [-0.1, -0.05) is 24.3 Å². The Morgan fingerprint density at radius 2 is 1.78 bits per heavy atom. The molecule has 9 N–H and O–H groups in total. The Labute approximate surface area is 208 Å². The number of halogens is 1. The summed E-state index contributed by atoms with van der Waals surface area (Å²) in [7, 11) is 0. The molecule has 36 heavy (non-hydrogen) atoms. The van der Waals surface area contributed by atoms with Crippen LogP contribution in [0, 0.1) is 5.41 Å². The minimum atomic E-state index is -2.00. The predicted molar refractivity (Wildman–Crippen MR) is 128 cm³/mol. The molecule has 1 aliphatic rings.